The molecule has 0 spiro atoms. The summed E-state index contributed by atoms with van der Waals surface area (Å²) in [5.74, 6) is 0.206. The highest BCUT2D eigenvalue weighted by Crippen LogP contribution is 2.50. The molecule has 2 heterocycles. The second-order valence-electron chi connectivity index (χ2n) is 13.3. The van der Waals surface area contributed by atoms with Gasteiger partial charge in [0, 0.05) is 27.8 Å². The van der Waals surface area contributed by atoms with Crippen molar-refractivity contribution in [2.24, 2.45) is 0 Å². The molecule has 0 radical (unpaired) electrons. The lowest BCUT2D eigenvalue weighted by Gasteiger charge is -2.16. The highest BCUT2D eigenvalue weighted by Gasteiger charge is 2.30. The summed E-state index contributed by atoms with van der Waals surface area (Å²) in [4.78, 5) is 0. The lowest BCUT2D eigenvalue weighted by atomic mass is 9.87. The van der Waals surface area contributed by atoms with Crippen molar-refractivity contribution in [3.05, 3.63) is 187 Å². The Morgan fingerprint density at radius 2 is 1.18 bits per heavy atom. The highest BCUT2D eigenvalue weighted by molar-refractivity contribution is 6.24. The minimum absolute atomic E-state index is 0.206. The molecular formula is C47H29NO. The van der Waals surface area contributed by atoms with E-state index in [2.05, 4.69) is 168 Å². The highest BCUT2D eigenvalue weighted by atomic mass is 16.3. The number of para-hydroxylation sites is 2. The van der Waals surface area contributed by atoms with Gasteiger partial charge in [-0.25, -0.2) is 0 Å². The zero-order chi connectivity index (χ0) is 32.1. The normalized spacial score (nSPS) is 13.9. The van der Waals surface area contributed by atoms with Gasteiger partial charge >= 0.3 is 0 Å². The fraction of sp³-hybridized carbons (Fsp3) is 0.0213. The van der Waals surface area contributed by atoms with Crippen LogP contribution in [0.4, 0.5) is 0 Å². The molecule has 2 nitrogen and oxygen atoms in total. The molecule has 2 aromatic heterocycles. The Bertz CT molecular complexity index is 2940. The van der Waals surface area contributed by atoms with Crippen molar-refractivity contribution in [1.29, 1.82) is 0 Å². The quantitative estimate of drug-likeness (QED) is 0.191. The average molecular weight is 624 g/mol. The van der Waals surface area contributed by atoms with Gasteiger partial charge in [0.15, 0.2) is 0 Å². The Kier molecular flexibility index (Phi) is 5.47. The molecule has 1 atom stereocenters. The molecule has 0 bridgehead atoms. The molecule has 49 heavy (non-hydrogen) atoms. The molecule has 8 aromatic carbocycles. The van der Waals surface area contributed by atoms with Gasteiger partial charge in [-0.2, -0.15) is 0 Å². The molecule has 228 valence electrons. The van der Waals surface area contributed by atoms with Crippen LogP contribution in [0.3, 0.4) is 0 Å². The molecule has 0 aliphatic heterocycles. The van der Waals surface area contributed by atoms with Gasteiger partial charge in [0.2, 0.25) is 0 Å². The van der Waals surface area contributed by atoms with Crippen LogP contribution in [-0.4, -0.2) is 4.57 Å². The fourth-order valence-electron chi connectivity index (χ4n) is 8.45. The molecule has 0 saturated carbocycles. The Labute approximate surface area is 283 Å². The van der Waals surface area contributed by atoms with E-state index in [0.717, 1.165) is 38.5 Å². The summed E-state index contributed by atoms with van der Waals surface area (Å²) < 4.78 is 9.00. The first kappa shape index (κ1) is 26.7. The summed E-state index contributed by atoms with van der Waals surface area (Å²) in [7, 11) is 0. The maximum absolute atomic E-state index is 6.64. The third kappa shape index (κ3) is 3.83. The second-order valence-corrected chi connectivity index (χ2v) is 13.3. The molecule has 1 unspecified atom stereocenters. The molecule has 0 saturated heterocycles. The van der Waals surface area contributed by atoms with Crippen LogP contribution in [0.25, 0.3) is 82.5 Å². The minimum Gasteiger partial charge on any atom is -0.455 e. The first-order valence-electron chi connectivity index (χ1n) is 17.0. The average Bonchev–Trinajstić information content (AvgIpc) is 3.82. The van der Waals surface area contributed by atoms with Gasteiger partial charge in [0.25, 0.3) is 0 Å². The molecule has 0 N–H and O–H groups in total. The van der Waals surface area contributed by atoms with Gasteiger partial charge in [-0.1, -0.05) is 121 Å². The molecular weight excluding hydrogens is 595 g/mol. The lowest BCUT2D eigenvalue weighted by molar-refractivity contribution is 0.673. The Morgan fingerprint density at radius 3 is 2.12 bits per heavy atom. The number of nitrogens with zero attached hydrogens (tertiary/aromatic N) is 1. The van der Waals surface area contributed by atoms with Crippen molar-refractivity contribution in [3.8, 4) is 27.9 Å². The summed E-state index contributed by atoms with van der Waals surface area (Å²) in [6, 6.07) is 62.0. The Hall–Kier alpha value is -6.38. The van der Waals surface area contributed by atoms with Gasteiger partial charge < -0.3 is 8.98 Å². The Morgan fingerprint density at radius 1 is 0.449 bits per heavy atom. The zero-order valence-corrected chi connectivity index (χ0v) is 26.6. The monoisotopic (exact) mass is 623 g/mol. The van der Waals surface area contributed by atoms with Crippen LogP contribution in [0.15, 0.2) is 174 Å². The standard InChI is InChI=1S/C47H29NO/c1-2-12-34(13-3-1)48-42-24-21-32(28-41(42)46-43(48)25-23-39-36-15-8-9-17-44(36)49-47(39)46)31-20-22-38-40(27-31)35-14-6-7-16-37(35)45(38)33-19-18-29-10-4-5-11-30(29)26-33/h1-28,45H. The molecule has 1 aliphatic rings. The number of furan rings is 1. The largest absolute Gasteiger partial charge is 0.455 e. The minimum atomic E-state index is 0.206. The predicted octanol–water partition coefficient (Wildman–Crippen LogP) is 12.7. The summed E-state index contributed by atoms with van der Waals surface area (Å²) in [5.41, 5.74) is 14.4. The van der Waals surface area contributed by atoms with Crippen LogP contribution in [0, 0.1) is 0 Å². The van der Waals surface area contributed by atoms with E-state index in [-0.39, 0.29) is 5.92 Å². The van der Waals surface area contributed by atoms with E-state index < -0.39 is 0 Å². The van der Waals surface area contributed by atoms with E-state index in [9.17, 15) is 0 Å². The molecule has 1 aliphatic carbocycles. The first-order chi connectivity index (χ1) is 24.3. The van der Waals surface area contributed by atoms with Crippen molar-refractivity contribution in [2.75, 3.05) is 0 Å². The van der Waals surface area contributed by atoms with Crippen LogP contribution in [-0.2, 0) is 0 Å². The van der Waals surface area contributed by atoms with Gasteiger partial charge in [0.05, 0.1) is 16.4 Å². The SMILES string of the molecule is c1ccc(-n2c3ccc(-c4ccc5c(c4)-c4ccccc4C5c4ccc5ccccc5c4)cc3c3c4oc5ccccc5c4ccc32)cc1. The number of aromatic nitrogens is 1. The fourth-order valence-corrected chi connectivity index (χ4v) is 8.45. The summed E-state index contributed by atoms with van der Waals surface area (Å²) in [6.45, 7) is 0. The van der Waals surface area contributed by atoms with Crippen molar-refractivity contribution >= 4 is 54.5 Å². The summed E-state index contributed by atoms with van der Waals surface area (Å²) in [6.07, 6.45) is 0. The number of benzene rings is 8. The van der Waals surface area contributed by atoms with Crippen molar-refractivity contribution in [3.63, 3.8) is 0 Å². The van der Waals surface area contributed by atoms with E-state index in [1.165, 1.54) is 60.6 Å². The second kappa shape index (κ2) is 10.1. The van der Waals surface area contributed by atoms with Crippen LogP contribution in [0.1, 0.15) is 22.6 Å². The summed E-state index contributed by atoms with van der Waals surface area (Å²) in [5, 5.41) is 7.19. The lowest BCUT2D eigenvalue weighted by Crippen LogP contribution is -1.99. The third-order valence-electron chi connectivity index (χ3n) is 10.7. The number of fused-ring (bicyclic) bond motifs is 11. The van der Waals surface area contributed by atoms with Gasteiger partial charge in [-0.05, 0) is 98.2 Å². The van der Waals surface area contributed by atoms with Gasteiger partial charge in [-0.15, -0.1) is 0 Å². The van der Waals surface area contributed by atoms with Crippen molar-refractivity contribution in [1.82, 2.24) is 4.57 Å². The number of hydrogen-bond acceptors (Lipinski definition) is 1. The van der Waals surface area contributed by atoms with Crippen LogP contribution in [0.5, 0.6) is 0 Å². The topological polar surface area (TPSA) is 18.1 Å². The molecule has 2 heteroatoms. The van der Waals surface area contributed by atoms with Gasteiger partial charge in [0.1, 0.15) is 11.2 Å². The van der Waals surface area contributed by atoms with Crippen LogP contribution < -0.4 is 0 Å². The van der Waals surface area contributed by atoms with E-state index in [1.54, 1.807) is 0 Å². The van der Waals surface area contributed by atoms with E-state index in [4.69, 9.17) is 4.42 Å². The van der Waals surface area contributed by atoms with E-state index >= 15 is 0 Å². The zero-order valence-electron chi connectivity index (χ0n) is 26.6. The van der Waals surface area contributed by atoms with Crippen molar-refractivity contribution in [2.45, 2.75) is 5.92 Å². The third-order valence-corrected chi connectivity index (χ3v) is 10.7. The molecule has 11 rings (SSSR count). The number of hydrogen-bond donors (Lipinski definition) is 0. The molecule has 0 amide bonds. The molecule has 0 fully saturated rings. The van der Waals surface area contributed by atoms with Gasteiger partial charge in [-0.3, -0.25) is 0 Å². The smallest absolute Gasteiger partial charge is 0.145 e. The maximum Gasteiger partial charge on any atom is 0.145 e. The number of rotatable bonds is 3. The van der Waals surface area contributed by atoms with Crippen molar-refractivity contribution < 1.29 is 4.42 Å². The Balaban J connectivity index is 1.13. The first-order valence-corrected chi connectivity index (χ1v) is 17.0. The van der Waals surface area contributed by atoms with E-state index in [0.29, 0.717) is 0 Å². The predicted molar refractivity (Wildman–Crippen MR) is 204 cm³/mol. The van der Waals surface area contributed by atoms with E-state index in [1.807, 2.05) is 6.07 Å². The summed E-state index contributed by atoms with van der Waals surface area (Å²) >= 11 is 0. The molecule has 10 aromatic rings. The van der Waals surface area contributed by atoms with Crippen LogP contribution >= 0.6 is 0 Å². The van der Waals surface area contributed by atoms with Crippen LogP contribution in [0.2, 0.25) is 0 Å². The maximum atomic E-state index is 6.64.